The summed E-state index contributed by atoms with van der Waals surface area (Å²) in [4.78, 5) is 18.5. The third-order valence-corrected chi connectivity index (χ3v) is 3.74. The van der Waals surface area contributed by atoms with Crippen LogP contribution in [-0.2, 0) is 17.9 Å². The summed E-state index contributed by atoms with van der Waals surface area (Å²) in [6.45, 7) is 1.68. The van der Waals surface area contributed by atoms with Crippen molar-refractivity contribution >= 4 is 22.6 Å². The van der Waals surface area contributed by atoms with Gasteiger partial charge in [-0.2, -0.15) is 0 Å². The van der Waals surface area contributed by atoms with Gasteiger partial charge in [-0.3, -0.25) is 4.79 Å². The summed E-state index contributed by atoms with van der Waals surface area (Å²) < 4.78 is 1.77. The number of imidazole rings is 1. The van der Waals surface area contributed by atoms with E-state index in [9.17, 15) is 9.90 Å². The Bertz CT molecular complexity index is 644. The van der Waals surface area contributed by atoms with Crippen LogP contribution in [0.1, 0.15) is 18.7 Å². The summed E-state index contributed by atoms with van der Waals surface area (Å²) in [7, 11) is 0. The van der Waals surface area contributed by atoms with Crippen LogP contribution < -0.4 is 5.73 Å². The topological polar surface area (TPSA) is 84.4 Å². The highest BCUT2D eigenvalue weighted by Crippen LogP contribution is 2.20. The molecule has 0 aliphatic carbocycles. The van der Waals surface area contributed by atoms with Gasteiger partial charge >= 0.3 is 0 Å². The lowest BCUT2D eigenvalue weighted by Gasteiger charge is -2.16. The second kappa shape index (κ2) is 5.13. The number of amides is 1. The van der Waals surface area contributed by atoms with E-state index in [1.165, 1.54) is 0 Å². The average molecular weight is 274 g/mol. The molecule has 0 saturated carbocycles. The predicted molar refractivity (Wildman–Crippen MR) is 75.9 cm³/mol. The molecular formula is C14H18N4O2. The van der Waals surface area contributed by atoms with Crippen LogP contribution in [0, 0.1) is 0 Å². The lowest BCUT2D eigenvalue weighted by Crippen LogP contribution is -2.31. The Hall–Kier alpha value is -2.08. The zero-order valence-electron chi connectivity index (χ0n) is 11.2. The van der Waals surface area contributed by atoms with E-state index in [-0.39, 0.29) is 19.1 Å². The molecule has 1 amide bonds. The van der Waals surface area contributed by atoms with Gasteiger partial charge in [-0.25, -0.2) is 4.98 Å². The van der Waals surface area contributed by atoms with Crippen molar-refractivity contribution in [2.24, 2.45) is 0 Å². The number of aliphatic hydroxyl groups is 1. The number of benzene rings is 1. The molecule has 106 valence electrons. The molecule has 2 heterocycles. The van der Waals surface area contributed by atoms with Gasteiger partial charge in [-0.15, -0.1) is 0 Å². The first-order valence-electron chi connectivity index (χ1n) is 6.82. The van der Waals surface area contributed by atoms with Crippen LogP contribution in [-0.4, -0.2) is 38.6 Å². The minimum Gasteiger partial charge on any atom is -0.399 e. The van der Waals surface area contributed by atoms with Crippen molar-refractivity contribution in [2.75, 3.05) is 18.8 Å². The summed E-state index contributed by atoms with van der Waals surface area (Å²) in [6.07, 6.45) is 2.14. The van der Waals surface area contributed by atoms with E-state index in [4.69, 9.17) is 5.73 Å². The molecule has 1 aromatic carbocycles. The lowest BCUT2D eigenvalue weighted by atomic mass is 10.3. The fourth-order valence-corrected chi connectivity index (χ4v) is 2.70. The molecule has 6 heteroatoms. The molecule has 0 bridgehead atoms. The highest BCUT2D eigenvalue weighted by molar-refractivity contribution is 5.83. The first kappa shape index (κ1) is 12.9. The summed E-state index contributed by atoms with van der Waals surface area (Å²) in [6, 6.07) is 5.38. The number of nitrogens with zero attached hydrogens (tertiary/aromatic N) is 3. The fourth-order valence-electron chi connectivity index (χ4n) is 2.70. The number of aromatic nitrogens is 2. The molecule has 0 atom stereocenters. The number of fused-ring (bicyclic) bond motifs is 1. The number of nitrogen functional groups attached to an aromatic ring is 1. The highest BCUT2D eigenvalue weighted by atomic mass is 16.3. The Kier molecular flexibility index (Phi) is 3.31. The van der Waals surface area contributed by atoms with Crippen molar-refractivity contribution in [2.45, 2.75) is 26.0 Å². The smallest absolute Gasteiger partial charge is 0.242 e. The Labute approximate surface area is 116 Å². The lowest BCUT2D eigenvalue weighted by molar-refractivity contribution is -0.130. The second-order valence-electron chi connectivity index (χ2n) is 5.11. The zero-order chi connectivity index (χ0) is 14.1. The third kappa shape index (κ3) is 2.22. The van der Waals surface area contributed by atoms with Crippen molar-refractivity contribution in [3.8, 4) is 0 Å². The van der Waals surface area contributed by atoms with Crippen LogP contribution >= 0.6 is 0 Å². The normalized spacial score (nSPS) is 15.2. The number of rotatable bonds is 3. The van der Waals surface area contributed by atoms with E-state index >= 15 is 0 Å². The number of hydrogen-bond donors (Lipinski definition) is 2. The molecule has 2 aromatic rings. The molecule has 1 aliphatic heterocycles. The number of nitrogens with two attached hydrogens (primary N) is 1. The minimum absolute atomic E-state index is 0.0772. The third-order valence-electron chi connectivity index (χ3n) is 3.74. The van der Waals surface area contributed by atoms with Crippen molar-refractivity contribution in [3.05, 3.63) is 24.0 Å². The van der Waals surface area contributed by atoms with Crippen molar-refractivity contribution in [3.63, 3.8) is 0 Å². The zero-order valence-corrected chi connectivity index (χ0v) is 11.2. The molecule has 1 aromatic heterocycles. The number of carbonyl (C=O) groups is 1. The average Bonchev–Trinajstić information content (AvgIpc) is 3.06. The number of carbonyl (C=O) groups excluding carboxylic acids is 1. The van der Waals surface area contributed by atoms with Crippen molar-refractivity contribution < 1.29 is 9.90 Å². The minimum atomic E-state index is -0.193. The van der Waals surface area contributed by atoms with Gasteiger partial charge in [-0.1, -0.05) is 0 Å². The van der Waals surface area contributed by atoms with Gasteiger partial charge in [0, 0.05) is 18.8 Å². The largest absolute Gasteiger partial charge is 0.399 e. The van der Waals surface area contributed by atoms with Crippen molar-refractivity contribution in [1.82, 2.24) is 14.5 Å². The Morgan fingerprint density at radius 3 is 2.80 bits per heavy atom. The number of likely N-dealkylation sites (tertiary alicyclic amines) is 1. The maximum Gasteiger partial charge on any atom is 0.242 e. The molecule has 1 saturated heterocycles. The van der Waals surface area contributed by atoms with E-state index in [0.29, 0.717) is 17.0 Å². The number of hydrogen-bond acceptors (Lipinski definition) is 4. The Balaban J connectivity index is 1.94. The van der Waals surface area contributed by atoms with Gasteiger partial charge in [-0.05, 0) is 31.0 Å². The van der Waals surface area contributed by atoms with Gasteiger partial charge < -0.3 is 20.3 Å². The van der Waals surface area contributed by atoms with Gasteiger partial charge in [0.25, 0.3) is 0 Å². The quantitative estimate of drug-likeness (QED) is 0.808. The number of anilines is 1. The van der Waals surface area contributed by atoms with Crippen LogP contribution in [0.2, 0.25) is 0 Å². The predicted octanol–water partition coefficient (Wildman–Crippen LogP) is 0.733. The summed E-state index contributed by atoms with van der Waals surface area (Å²) in [5, 5.41) is 9.43. The molecule has 1 fully saturated rings. The Morgan fingerprint density at radius 1 is 1.35 bits per heavy atom. The summed E-state index contributed by atoms with van der Waals surface area (Å²) >= 11 is 0. The van der Waals surface area contributed by atoms with Crippen LogP contribution in [0.4, 0.5) is 5.69 Å². The van der Waals surface area contributed by atoms with E-state index in [0.717, 1.165) is 31.4 Å². The van der Waals surface area contributed by atoms with E-state index < -0.39 is 0 Å². The fraction of sp³-hybridized carbons (Fsp3) is 0.429. The van der Waals surface area contributed by atoms with E-state index in [1.807, 2.05) is 11.0 Å². The highest BCUT2D eigenvalue weighted by Gasteiger charge is 2.20. The summed E-state index contributed by atoms with van der Waals surface area (Å²) in [5.41, 5.74) is 7.90. The maximum atomic E-state index is 12.3. The molecule has 3 N–H and O–H groups in total. The Morgan fingerprint density at radius 2 is 2.10 bits per heavy atom. The van der Waals surface area contributed by atoms with Crippen LogP contribution in [0.25, 0.3) is 11.0 Å². The standard InChI is InChI=1S/C14H18N4O2/c15-10-3-4-12-11(7-10)16-13(9-19)18(12)8-14(20)17-5-1-2-6-17/h3-4,7,19H,1-2,5-6,8-9,15H2. The van der Waals surface area contributed by atoms with Crippen LogP contribution in [0.3, 0.4) is 0 Å². The van der Waals surface area contributed by atoms with Gasteiger partial charge in [0.1, 0.15) is 19.0 Å². The van der Waals surface area contributed by atoms with Gasteiger partial charge in [0.15, 0.2) is 0 Å². The van der Waals surface area contributed by atoms with Crippen LogP contribution in [0.5, 0.6) is 0 Å². The number of aliphatic hydroxyl groups excluding tert-OH is 1. The van der Waals surface area contributed by atoms with Gasteiger partial charge in [0.2, 0.25) is 5.91 Å². The molecule has 1 aliphatic rings. The molecule has 0 radical (unpaired) electrons. The molecule has 0 spiro atoms. The maximum absolute atomic E-state index is 12.3. The molecule has 3 rings (SSSR count). The first-order chi connectivity index (χ1) is 9.69. The molecule has 0 unspecified atom stereocenters. The first-order valence-corrected chi connectivity index (χ1v) is 6.82. The SMILES string of the molecule is Nc1ccc2c(c1)nc(CO)n2CC(=O)N1CCCC1. The van der Waals surface area contributed by atoms with Crippen molar-refractivity contribution in [1.29, 1.82) is 0 Å². The van der Waals surface area contributed by atoms with E-state index in [1.54, 1.807) is 16.7 Å². The monoisotopic (exact) mass is 274 g/mol. The van der Waals surface area contributed by atoms with Gasteiger partial charge in [0.05, 0.1) is 11.0 Å². The van der Waals surface area contributed by atoms with Crippen LogP contribution in [0.15, 0.2) is 18.2 Å². The molecule has 20 heavy (non-hydrogen) atoms. The molecule has 6 nitrogen and oxygen atoms in total. The van der Waals surface area contributed by atoms with E-state index in [2.05, 4.69) is 4.98 Å². The second-order valence-corrected chi connectivity index (χ2v) is 5.11. The summed E-state index contributed by atoms with van der Waals surface area (Å²) in [5.74, 6) is 0.575. The molecular weight excluding hydrogens is 256 g/mol.